The first-order valence-corrected chi connectivity index (χ1v) is 6.45. The number of aromatic nitrogens is 1. The van der Waals surface area contributed by atoms with Crippen molar-refractivity contribution in [3.63, 3.8) is 0 Å². The van der Waals surface area contributed by atoms with Crippen LogP contribution in [0.1, 0.15) is 9.67 Å². The van der Waals surface area contributed by atoms with Crippen molar-refractivity contribution in [2.24, 2.45) is 0 Å². The first kappa shape index (κ1) is 14.1. The first-order chi connectivity index (χ1) is 9.55. The van der Waals surface area contributed by atoms with Crippen LogP contribution >= 0.6 is 11.3 Å². The minimum Gasteiger partial charge on any atom is -0.497 e. The van der Waals surface area contributed by atoms with Gasteiger partial charge in [0.25, 0.3) is 5.91 Å². The number of nitrogens with two attached hydrogens (primary N) is 1. The summed E-state index contributed by atoms with van der Waals surface area (Å²) in [5.74, 6) is -0.542. The standard InChI is InChI=1S/C12H13FN4O2S/c1-15-12-17-10(14)9(20-12)11(18)16-8-5-6(19-2)3-4-7(8)13/h3-5H,14H2,1-2H3,(H,15,17)(H,16,18). The van der Waals surface area contributed by atoms with Crippen molar-refractivity contribution in [2.75, 3.05) is 30.5 Å². The molecule has 0 saturated carbocycles. The van der Waals surface area contributed by atoms with Crippen LogP contribution in [0.5, 0.6) is 5.75 Å². The van der Waals surface area contributed by atoms with Gasteiger partial charge in [0.1, 0.15) is 22.3 Å². The van der Waals surface area contributed by atoms with E-state index in [0.29, 0.717) is 10.9 Å². The van der Waals surface area contributed by atoms with Crippen LogP contribution < -0.4 is 21.1 Å². The molecule has 6 nitrogen and oxygen atoms in total. The van der Waals surface area contributed by atoms with E-state index >= 15 is 0 Å². The van der Waals surface area contributed by atoms with Gasteiger partial charge in [-0.1, -0.05) is 11.3 Å². The third-order valence-electron chi connectivity index (χ3n) is 2.50. The van der Waals surface area contributed by atoms with E-state index in [1.165, 1.54) is 25.3 Å². The molecule has 2 rings (SSSR count). The van der Waals surface area contributed by atoms with Crippen LogP contribution in [-0.4, -0.2) is 25.0 Å². The number of methoxy groups -OCH3 is 1. The molecule has 8 heteroatoms. The molecule has 0 atom stereocenters. The molecule has 0 radical (unpaired) electrons. The molecular formula is C12H13FN4O2S. The van der Waals surface area contributed by atoms with Crippen molar-refractivity contribution in [3.8, 4) is 5.75 Å². The summed E-state index contributed by atoms with van der Waals surface area (Å²) in [5.41, 5.74) is 5.67. The van der Waals surface area contributed by atoms with E-state index in [-0.39, 0.29) is 16.4 Å². The highest BCUT2D eigenvalue weighted by atomic mass is 32.1. The predicted molar refractivity (Wildman–Crippen MR) is 77.0 cm³/mol. The molecule has 1 aromatic carbocycles. The third-order valence-corrected chi connectivity index (χ3v) is 3.58. The van der Waals surface area contributed by atoms with E-state index in [2.05, 4.69) is 15.6 Å². The number of halogens is 1. The third kappa shape index (κ3) is 2.80. The van der Waals surface area contributed by atoms with Crippen molar-refractivity contribution in [1.29, 1.82) is 0 Å². The maximum Gasteiger partial charge on any atom is 0.269 e. The van der Waals surface area contributed by atoms with Crippen molar-refractivity contribution in [2.45, 2.75) is 0 Å². The van der Waals surface area contributed by atoms with E-state index in [0.717, 1.165) is 11.3 Å². The first-order valence-electron chi connectivity index (χ1n) is 5.64. The maximum absolute atomic E-state index is 13.6. The number of nitrogens with one attached hydrogen (secondary N) is 2. The Bertz CT molecular complexity index is 644. The number of carbonyl (C=O) groups excluding carboxylic acids is 1. The Hall–Kier alpha value is -2.35. The van der Waals surface area contributed by atoms with Crippen LogP contribution in [-0.2, 0) is 0 Å². The molecule has 0 saturated heterocycles. The van der Waals surface area contributed by atoms with Crippen molar-refractivity contribution < 1.29 is 13.9 Å². The number of thiazole rings is 1. The van der Waals surface area contributed by atoms with Gasteiger partial charge in [-0.15, -0.1) is 0 Å². The van der Waals surface area contributed by atoms with Gasteiger partial charge in [0, 0.05) is 13.1 Å². The van der Waals surface area contributed by atoms with Crippen molar-refractivity contribution in [3.05, 3.63) is 28.9 Å². The molecule has 106 valence electrons. The topological polar surface area (TPSA) is 89.3 Å². The number of hydrogen-bond acceptors (Lipinski definition) is 6. The Morgan fingerprint density at radius 1 is 1.50 bits per heavy atom. The lowest BCUT2D eigenvalue weighted by Crippen LogP contribution is -2.13. The number of carbonyl (C=O) groups is 1. The number of rotatable bonds is 4. The molecule has 0 spiro atoms. The Morgan fingerprint density at radius 2 is 2.25 bits per heavy atom. The lowest BCUT2D eigenvalue weighted by molar-refractivity contribution is 0.103. The number of nitrogen functional groups attached to an aromatic ring is 1. The van der Waals surface area contributed by atoms with Crippen LogP contribution in [0.4, 0.5) is 21.0 Å². The summed E-state index contributed by atoms with van der Waals surface area (Å²) in [4.78, 5) is 16.2. The second-order valence-electron chi connectivity index (χ2n) is 3.78. The number of ether oxygens (including phenoxy) is 1. The van der Waals surface area contributed by atoms with E-state index in [9.17, 15) is 9.18 Å². The number of anilines is 3. The van der Waals surface area contributed by atoms with Gasteiger partial charge in [-0.05, 0) is 12.1 Å². The van der Waals surface area contributed by atoms with Crippen molar-refractivity contribution >= 4 is 33.9 Å². The lowest BCUT2D eigenvalue weighted by Gasteiger charge is -2.07. The normalized spacial score (nSPS) is 10.2. The average molecular weight is 296 g/mol. The lowest BCUT2D eigenvalue weighted by atomic mass is 10.2. The van der Waals surface area contributed by atoms with E-state index in [1.54, 1.807) is 7.05 Å². The highest BCUT2D eigenvalue weighted by Gasteiger charge is 2.17. The second-order valence-corrected chi connectivity index (χ2v) is 4.78. The Kier molecular flexibility index (Phi) is 4.04. The Morgan fingerprint density at radius 3 is 2.85 bits per heavy atom. The smallest absolute Gasteiger partial charge is 0.269 e. The van der Waals surface area contributed by atoms with E-state index in [4.69, 9.17) is 10.5 Å². The molecule has 0 bridgehead atoms. The molecule has 1 amide bonds. The second kappa shape index (κ2) is 5.74. The summed E-state index contributed by atoms with van der Waals surface area (Å²) in [7, 11) is 3.13. The SMILES string of the molecule is CNc1nc(N)c(C(=O)Nc2cc(OC)ccc2F)s1. The zero-order valence-electron chi connectivity index (χ0n) is 10.9. The fraction of sp³-hybridized carbons (Fsp3) is 0.167. The monoisotopic (exact) mass is 296 g/mol. The van der Waals surface area contributed by atoms with Gasteiger partial charge in [0.15, 0.2) is 5.13 Å². The number of benzene rings is 1. The molecule has 0 aliphatic carbocycles. The van der Waals surface area contributed by atoms with Crippen molar-refractivity contribution in [1.82, 2.24) is 4.98 Å². The van der Waals surface area contributed by atoms with Crippen LogP contribution in [0.15, 0.2) is 18.2 Å². The van der Waals surface area contributed by atoms with Gasteiger partial charge in [-0.2, -0.15) is 0 Å². The Labute approximate surface area is 118 Å². The highest BCUT2D eigenvalue weighted by Crippen LogP contribution is 2.27. The van der Waals surface area contributed by atoms with Crippen LogP contribution in [0, 0.1) is 5.82 Å². The van der Waals surface area contributed by atoms with Gasteiger partial charge >= 0.3 is 0 Å². The molecule has 2 aromatic rings. The summed E-state index contributed by atoms with van der Waals surface area (Å²) in [6, 6.07) is 4.07. The van der Waals surface area contributed by atoms with E-state index < -0.39 is 11.7 Å². The molecule has 0 unspecified atom stereocenters. The molecule has 4 N–H and O–H groups in total. The summed E-state index contributed by atoms with van der Waals surface area (Å²) in [6.07, 6.45) is 0. The Balaban J connectivity index is 2.25. The summed E-state index contributed by atoms with van der Waals surface area (Å²) >= 11 is 1.09. The number of nitrogens with zero attached hydrogens (tertiary/aromatic N) is 1. The van der Waals surface area contributed by atoms with Gasteiger partial charge in [0.2, 0.25) is 0 Å². The predicted octanol–water partition coefficient (Wildman–Crippen LogP) is 2.17. The average Bonchev–Trinajstić information content (AvgIpc) is 2.82. The number of hydrogen-bond donors (Lipinski definition) is 3. The van der Waals surface area contributed by atoms with Crippen LogP contribution in [0.2, 0.25) is 0 Å². The minimum absolute atomic E-state index is 0.0214. The molecule has 1 heterocycles. The van der Waals surface area contributed by atoms with Crippen LogP contribution in [0.3, 0.4) is 0 Å². The largest absolute Gasteiger partial charge is 0.497 e. The van der Waals surface area contributed by atoms with Crippen LogP contribution in [0.25, 0.3) is 0 Å². The van der Waals surface area contributed by atoms with Gasteiger partial charge in [-0.3, -0.25) is 4.79 Å². The molecular weight excluding hydrogens is 283 g/mol. The minimum atomic E-state index is -0.559. The molecule has 0 aliphatic heterocycles. The fourth-order valence-electron chi connectivity index (χ4n) is 1.51. The summed E-state index contributed by atoms with van der Waals surface area (Å²) in [5, 5.41) is 5.75. The molecule has 20 heavy (non-hydrogen) atoms. The fourth-order valence-corrected chi connectivity index (χ4v) is 2.24. The maximum atomic E-state index is 13.6. The van der Waals surface area contributed by atoms with E-state index in [1.807, 2.05) is 0 Å². The van der Waals surface area contributed by atoms with Gasteiger partial charge < -0.3 is 21.1 Å². The highest BCUT2D eigenvalue weighted by molar-refractivity contribution is 7.18. The zero-order chi connectivity index (χ0) is 14.7. The zero-order valence-corrected chi connectivity index (χ0v) is 11.7. The quantitative estimate of drug-likeness (QED) is 0.804. The molecule has 0 aliphatic rings. The van der Waals surface area contributed by atoms with Gasteiger partial charge in [0.05, 0.1) is 12.8 Å². The summed E-state index contributed by atoms with van der Waals surface area (Å²) in [6.45, 7) is 0. The van der Waals surface area contributed by atoms with Gasteiger partial charge in [-0.25, -0.2) is 9.37 Å². The molecule has 1 aromatic heterocycles. The summed E-state index contributed by atoms with van der Waals surface area (Å²) < 4.78 is 18.6. The molecule has 0 fully saturated rings. The number of amides is 1.